The molecule has 6 rings (SSSR count). The normalized spacial score (nSPS) is 23.6. The van der Waals surface area contributed by atoms with E-state index in [2.05, 4.69) is 35.3 Å². The second-order valence-electron chi connectivity index (χ2n) is 12.1. The molecule has 3 heterocycles. The van der Waals surface area contributed by atoms with Crippen molar-refractivity contribution in [1.29, 1.82) is 5.26 Å². The average Bonchev–Trinajstić information content (AvgIpc) is 3.36. The Kier molecular flexibility index (Phi) is 7.55. The van der Waals surface area contributed by atoms with Crippen molar-refractivity contribution in [2.24, 2.45) is 24.8 Å². The first-order valence-corrected chi connectivity index (χ1v) is 14.6. The van der Waals surface area contributed by atoms with Crippen LogP contribution >= 0.6 is 0 Å². The number of aryl methyl sites for hydroxylation is 1. The van der Waals surface area contributed by atoms with Crippen LogP contribution in [0.15, 0.2) is 61.1 Å². The molecule has 41 heavy (non-hydrogen) atoms. The van der Waals surface area contributed by atoms with E-state index in [1.165, 1.54) is 38.5 Å². The third-order valence-electron chi connectivity index (χ3n) is 8.81. The summed E-state index contributed by atoms with van der Waals surface area (Å²) in [6, 6.07) is 15.0. The fourth-order valence-electron chi connectivity index (χ4n) is 6.93. The van der Waals surface area contributed by atoms with Gasteiger partial charge in [0.25, 0.3) is 0 Å². The number of pyridine rings is 1. The Balaban J connectivity index is 1.17. The van der Waals surface area contributed by atoms with E-state index in [0.29, 0.717) is 34.3 Å². The maximum absolute atomic E-state index is 9.53. The van der Waals surface area contributed by atoms with Crippen LogP contribution in [0.1, 0.15) is 63.5 Å². The molecule has 1 N–H and O–H groups in total. The lowest BCUT2D eigenvalue weighted by Crippen LogP contribution is -2.50. The number of hydrogen-bond acceptors (Lipinski definition) is 7. The van der Waals surface area contributed by atoms with E-state index in [4.69, 9.17) is 14.7 Å². The fourth-order valence-corrected chi connectivity index (χ4v) is 6.93. The lowest BCUT2D eigenvalue weighted by atomic mass is 9.62. The Hall–Kier alpha value is -4.09. The van der Waals surface area contributed by atoms with Crippen molar-refractivity contribution >= 4 is 0 Å². The maximum atomic E-state index is 9.53. The molecular formula is C33H37N7O. The minimum absolute atomic E-state index is 0.163. The third kappa shape index (κ3) is 6.01. The number of aromatic nitrogens is 5. The Morgan fingerprint density at radius 2 is 1.80 bits per heavy atom. The molecule has 0 saturated heterocycles. The molecule has 8 heteroatoms. The van der Waals surface area contributed by atoms with Gasteiger partial charge in [0.05, 0.1) is 22.9 Å². The second kappa shape index (κ2) is 11.4. The summed E-state index contributed by atoms with van der Waals surface area (Å²) in [7, 11) is 1.82. The molecule has 0 radical (unpaired) electrons. The number of fused-ring (bicyclic) bond motifs is 2. The summed E-state index contributed by atoms with van der Waals surface area (Å²) in [5.74, 6) is 4.18. The van der Waals surface area contributed by atoms with Gasteiger partial charge in [-0.25, -0.2) is 14.6 Å². The quantitative estimate of drug-likeness (QED) is 0.262. The summed E-state index contributed by atoms with van der Waals surface area (Å²) in [5.41, 5.74) is 3.88. The summed E-state index contributed by atoms with van der Waals surface area (Å²) in [6.07, 6.45) is 13.5. The summed E-state index contributed by atoms with van der Waals surface area (Å²) in [6.45, 7) is 5.49. The number of nitriles is 1. The summed E-state index contributed by atoms with van der Waals surface area (Å²) in [5, 5.41) is 17.9. The van der Waals surface area contributed by atoms with Gasteiger partial charge < -0.3 is 10.1 Å². The van der Waals surface area contributed by atoms with E-state index in [1.54, 1.807) is 23.0 Å². The highest BCUT2D eigenvalue weighted by molar-refractivity contribution is 5.66. The summed E-state index contributed by atoms with van der Waals surface area (Å²) < 4.78 is 7.95. The predicted octanol–water partition coefficient (Wildman–Crippen LogP) is 6.69. The lowest BCUT2D eigenvalue weighted by molar-refractivity contribution is 0.0663. The highest BCUT2D eigenvalue weighted by Gasteiger charge is 2.41. The zero-order chi connectivity index (χ0) is 28.4. The number of rotatable bonds is 8. The lowest BCUT2D eigenvalue weighted by Gasteiger charge is -2.48. The maximum Gasteiger partial charge on any atom is 0.218 e. The number of nitrogens with one attached hydrogen (secondary N) is 1. The topological polar surface area (TPSA) is 102 Å². The van der Waals surface area contributed by atoms with Crippen LogP contribution in [0.5, 0.6) is 11.6 Å². The first-order valence-electron chi connectivity index (χ1n) is 14.6. The van der Waals surface area contributed by atoms with Crippen molar-refractivity contribution in [3.05, 3.63) is 72.2 Å². The Morgan fingerprint density at radius 1 is 1.02 bits per heavy atom. The molecule has 8 nitrogen and oxygen atoms in total. The van der Waals surface area contributed by atoms with Crippen molar-refractivity contribution in [3.8, 4) is 40.5 Å². The van der Waals surface area contributed by atoms with Gasteiger partial charge in [0.2, 0.25) is 5.88 Å². The van der Waals surface area contributed by atoms with E-state index in [-0.39, 0.29) is 5.54 Å². The van der Waals surface area contributed by atoms with Crippen molar-refractivity contribution < 1.29 is 4.74 Å². The van der Waals surface area contributed by atoms with Gasteiger partial charge in [-0.15, -0.1) is 0 Å². The van der Waals surface area contributed by atoms with Gasteiger partial charge in [-0.2, -0.15) is 10.4 Å². The molecule has 0 spiro atoms. The zero-order valence-corrected chi connectivity index (χ0v) is 24.0. The van der Waals surface area contributed by atoms with Gasteiger partial charge >= 0.3 is 0 Å². The van der Waals surface area contributed by atoms with Crippen molar-refractivity contribution in [2.45, 2.75) is 64.5 Å². The molecule has 2 atom stereocenters. The molecule has 1 aromatic carbocycles. The molecule has 2 aliphatic rings. The fraction of sp³-hybridized carbons (Fsp3) is 0.424. The van der Waals surface area contributed by atoms with Crippen molar-refractivity contribution in [1.82, 2.24) is 30.0 Å². The van der Waals surface area contributed by atoms with E-state index in [0.717, 1.165) is 35.6 Å². The summed E-state index contributed by atoms with van der Waals surface area (Å²) in [4.78, 5) is 13.8. The van der Waals surface area contributed by atoms with Crippen LogP contribution in [0.25, 0.3) is 22.8 Å². The standard InChI is InChI=1S/C33H37N7O/c1-4-22-11-24-13-25(12-22)17-33(2,16-24)38-21-26-19-36-32(37-20-26)27-9-8-23(18-34)14-30(27)41-31-15-29(39-40(31)3)28-7-5-6-10-35-28/h5-10,14-15,19-20,22,24-25,38H,4,11-13,16-17,21H2,1-3H3. The Labute approximate surface area is 241 Å². The predicted molar refractivity (Wildman–Crippen MR) is 158 cm³/mol. The first-order chi connectivity index (χ1) is 19.9. The van der Waals surface area contributed by atoms with Crippen LogP contribution in [-0.2, 0) is 13.6 Å². The van der Waals surface area contributed by atoms with Gasteiger partial charge in [0.15, 0.2) is 5.82 Å². The summed E-state index contributed by atoms with van der Waals surface area (Å²) >= 11 is 0. The van der Waals surface area contributed by atoms with Crippen molar-refractivity contribution in [3.63, 3.8) is 0 Å². The Bertz CT molecular complexity index is 1530. The molecular weight excluding hydrogens is 510 g/mol. The van der Waals surface area contributed by atoms with Gasteiger partial charge in [-0.1, -0.05) is 19.4 Å². The van der Waals surface area contributed by atoms with Crippen molar-refractivity contribution in [2.75, 3.05) is 0 Å². The third-order valence-corrected chi connectivity index (χ3v) is 8.81. The smallest absolute Gasteiger partial charge is 0.218 e. The highest BCUT2D eigenvalue weighted by Crippen LogP contribution is 2.47. The minimum Gasteiger partial charge on any atom is -0.438 e. The minimum atomic E-state index is 0.163. The van der Waals surface area contributed by atoms with Crippen LogP contribution in [0.2, 0.25) is 0 Å². The number of benzene rings is 1. The molecule has 0 amide bonds. The highest BCUT2D eigenvalue weighted by atomic mass is 16.5. The molecule has 0 aliphatic heterocycles. The largest absolute Gasteiger partial charge is 0.438 e. The van der Waals surface area contributed by atoms with Gasteiger partial charge in [0, 0.05) is 49.4 Å². The van der Waals surface area contributed by atoms with Crippen LogP contribution < -0.4 is 10.1 Å². The molecule has 3 aromatic heterocycles. The van der Waals surface area contributed by atoms with E-state index in [9.17, 15) is 5.26 Å². The SMILES string of the molecule is CCC1CC2CC(C1)CC(C)(NCc1cnc(-c3ccc(C#N)cc3Oc3cc(-c4ccccn4)nn3C)nc1)C2. The Morgan fingerprint density at radius 3 is 2.49 bits per heavy atom. The molecule has 2 saturated carbocycles. The molecule has 210 valence electrons. The zero-order valence-electron chi connectivity index (χ0n) is 24.0. The van der Waals surface area contributed by atoms with E-state index >= 15 is 0 Å². The average molecular weight is 548 g/mol. The molecule has 2 aliphatic carbocycles. The van der Waals surface area contributed by atoms with Gasteiger partial charge in [-0.3, -0.25) is 4.98 Å². The first kappa shape index (κ1) is 27.1. The second-order valence-corrected chi connectivity index (χ2v) is 12.1. The van der Waals surface area contributed by atoms with Gasteiger partial charge in [0.1, 0.15) is 11.4 Å². The van der Waals surface area contributed by atoms with Gasteiger partial charge in [-0.05, 0) is 87.1 Å². The molecule has 2 fully saturated rings. The molecule has 2 unspecified atom stereocenters. The van der Waals surface area contributed by atoms with Crippen LogP contribution in [0, 0.1) is 29.1 Å². The van der Waals surface area contributed by atoms with Crippen LogP contribution in [-0.4, -0.2) is 30.3 Å². The molecule has 4 aromatic rings. The monoisotopic (exact) mass is 547 g/mol. The number of hydrogen-bond donors (Lipinski definition) is 1. The molecule has 2 bridgehead atoms. The number of ether oxygens (including phenoxy) is 1. The van der Waals surface area contributed by atoms with Crippen LogP contribution in [0.3, 0.4) is 0 Å². The number of nitrogens with zero attached hydrogens (tertiary/aromatic N) is 6. The van der Waals surface area contributed by atoms with E-state index < -0.39 is 0 Å². The van der Waals surface area contributed by atoms with E-state index in [1.807, 2.05) is 49.8 Å². The van der Waals surface area contributed by atoms with Crippen LogP contribution in [0.4, 0.5) is 0 Å².